The first-order valence-corrected chi connectivity index (χ1v) is 8.07. The van der Waals surface area contributed by atoms with Crippen LogP contribution in [0.4, 0.5) is 8.78 Å². The summed E-state index contributed by atoms with van der Waals surface area (Å²) in [5.74, 6) is -2.37. The van der Waals surface area contributed by atoms with Gasteiger partial charge in [0.25, 0.3) is 5.76 Å². The molecular weight excluding hydrogens is 362 g/mol. The molecule has 0 bridgehead atoms. The van der Waals surface area contributed by atoms with Gasteiger partial charge in [-0.1, -0.05) is 23.4 Å². The monoisotopic (exact) mass is 370 g/mol. The maximum Gasteiger partial charge on any atom is 0.364 e. The van der Waals surface area contributed by atoms with Crippen LogP contribution in [0.2, 0.25) is 5.02 Å². The van der Waals surface area contributed by atoms with Gasteiger partial charge in [0.1, 0.15) is 17.2 Å². The number of nitrogens with zero attached hydrogens (tertiary/aromatic N) is 2. The number of hydrogen-bond donors (Lipinski definition) is 0. The summed E-state index contributed by atoms with van der Waals surface area (Å²) in [6, 6.07) is 6.22. The third-order valence-corrected chi connectivity index (χ3v) is 3.81. The molecule has 2 aromatic rings. The number of halogens is 3. The summed E-state index contributed by atoms with van der Waals surface area (Å²) < 4.78 is 34.7. The van der Waals surface area contributed by atoms with E-state index in [9.17, 15) is 13.6 Å². The predicted octanol–water partition coefficient (Wildman–Crippen LogP) is 4.13. The van der Waals surface area contributed by atoms with E-state index in [0.717, 1.165) is 0 Å². The Balaban J connectivity index is 1.79. The number of carbonyl (C=O) groups excluding carboxylic acids is 1. The molecule has 0 amide bonds. The molecule has 0 unspecified atom stereocenters. The van der Waals surface area contributed by atoms with E-state index >= 15 is 0 Å². The van der Waals surface area contributed by atoms with Crippen LogP contribution in [0.15, 0.2) is 45.6 Å². The molecule has 0 saturated heterocycles. The Bertz CT molecular complexity index is 836. The van der Waals surface area contributed by atoms with E-state index in [-0.39, 0.29) is 17.3 Å². The molecule has 3 rings (SSSR count). The summed E-state index contributed by atoms with van der Waals surface area (Å²) in [4.78, 5) is 19.9. The number of cyclic esters (lactones) is 1. The first-order valence-electron chi connectivity index (χ1n) is 6.64. The molecule has 5 nitrogen and oxygen atoms in total. The molecule has 2 aromatic heterocycles. The smallest absolute Gasteiger partial charge is 0.364 e. The van der Waals surface area contributed by atoms with Crippen LogP contribution >= 0.6 is 23.4 Å². The SMILES string of the molecule is O=C1OC(c2cc(Cl)ccn2)=N/C1=C\c1ccc(CSC(F)F)o1. The van der Waals surface area contributed by atoms with Gasteiger partial charge < -0.3 is 9.15 Å². The Morgan fingerprint density at radius 2 is 2.17 bits per heavy atom. The van der Waals surface area contributed by atoms with E-state index < -0.39 is 11.7 Å². The molecule has 1 aliphatic heterocycles. The summed E-state index contributed by atoms with van der Waals surface area (Å²) in [7, 11) is 0. The van der Waals surface area contributed by atoms with E-state index in [1.54, 1.807) is 18.2 Å². The lowest BCUT2D eigenvalue weighted by molar-refractivity contribution is -0.129. The Kier molecular flexibility index (Phi) is 4.96. The lowest BCUT2D eigenvalue weighted by Crippen LogP contribution is -2.06. The van der Waals surface area contributed by atoms with Crippen LogP contribution < -0.4 is 0 Å². The Hall–Kier alpha value is -2.19. The molecule has 0 fully saturated rings. The number of furan rings is 1. The summed E-state index contributed by atoms with van der Waals surface area (Å²) in [6.07, 6.45) is 2.84. The Morgan fingerprint density at radius 3 is 2.92 bits per heavy atom. The molecule has 0 spiro atoms. The molecule has 0 aliphatic carbocycles. The lowest BCUT2D eigenvalue weighted by Gasteiger charge is -1.97. The Labute approximate surface area is 144 Å². The van der Waals surface area contributed by atoms with Crippen molar-refractivity contribution in [3.63, 3.8) is 0 Å². The average molecular weight is 371 g/mol. The van der Waals surface area contributed by atoms with Crippen molar-refractivity contribution in [2.45, 2.75) is 11.5 Å². The molecule has 0 aromatic carbocycles. The number of carbonyl (C=O) groups is 1. The van der Waals surface area contributed by atoms with E-state index in [2.05, 4.69) is 9.98 Å². The number of aromatic nitrogens is 1. The summed E-state index contributed by atoms with van der Waals surface area (Å²) in [5, 5.41) is 0.434. The maximum atomic E-state index is 12.2. The van der Waals surface area contributed by atoms with Gasteiger partial charge in [-0.15, -0.1) is 0 Å². The van der Waals surface area contributed by atoms with Crippen molar-refractivity contribution in [2.75, 3.05) is 0 Å². The van der Waals surface area contributed by atoms with Crippen molar-refractivity contribution in [1.29, 1.82) is 0 Å². The molecule has 0 radical (unpaired) electrons. The van der Waals surface area contributed by atoms with Gasteiger partial charge in [-0.05, 0) is 24.3 Å². The largest absolute Gasteiger partial charge is 0.461 e. The van der Waals surface area contributed by atoms with Crippen LogP contribution in [0.25, 0.3) is 6.08 Å². The van der Waals surface area contributed by atoms with Crippen molar-refractivity contribution in [3.05, 3.63) is 58.4 Å². The van der Waals surface area contributed by atoms with Gasteiger partial charge in [0, 0.05) is 17.3 Å². The minimum Gasteiger partial charge on any atom is -0.461 e. The number of alkyl halides is 2. The third-order valence-electron chi connectivity index (χ3n) is 2.87. The minimum absolute atomic E-state index is 0.0224. The number of hydrogen-bond acceptors (Lipinski definition) is 6. The summed E-state index contributed by atoms with van der Waals surface area (Å²) >= 11 is 6.31. The van der Waals surface area contributed by atoms with Crippen LogP contribution in [-0.2, 0) is 15.3 Å². The summed E-state index contributed by atoms with van der Waals surface area (Å²) in [5.41, 5.74) is 0.349. The van der Waals surface area contributed by atoms with E-state index in [0.29, 0.717) is 34.0 Å². The molecule has 1 aliphatic rings. The van der Waals surface area contributed by atoms with Gasteiger partial charge in [-0.25, -0.2) is 9.79 Å². The molecule has 24 heavy (non-hydrogen) atoms. The minimum atomic E-state index is -2.47. The highest BCUT2D eigenvalue weighted by molar-refractivity contribution is 7.98. The number of rotatable bonds is 5. The molecule has 124 valence electrons. The van der Waals surface area contributed by atoms with Gasteiger partial charge in [0.15, 0.2) is 5.70 Å². The third kappa shape index (κ3) is 4.01. The fraction of sp³-hybridized carbons (Fsp3) is 0.133. The zero-order chi connectivity index (χ0) is 17.1. The Morgan fingerprint density at radius 1 is 1.33 bits per heavy atom. The lowest BCUT2D eigenvalue weighted by atomic mass is 10.3. The number of esters is 1. The highest BCUT2D eigenvalue weighted by Gasteiger charge is 2.25. The second kappa shape index (κ2) is 7.14. The van der Waals surface area contributed by atoms with Crippen molar-refractivity contribution < 1.29 is 22.7 Å². The van der Waals surface area contributed by atoms with Crippen LogP contribution in [0.5, 0.6) is 0 Å². The second-order valence-corrected chi connectivity index (χ2v) is 5.99. The molecular formula is C15H9ClF2N2O3S. The van der Waals surface area contributed by atoms with Crippen LogP contribution in [-0.4, -0.2) is 22.6 Å². The number of aliphatic imine (C=N–C) groups is 1. The van der Waals surface area contributed by atoms with Gasteiger partial charge in [-0.3, -0.25) is 4.98 Å². The average Bonchev–Trinajstić information content (AvgIpc) is 3.13. The molecule has 0 atom stereocenters. The van der Waals surface area contributed by atoms with Crippen LogP contribution in [0.1, 0.15) is 17.2 Å². The van der Waals surface area contributed by atoms with Crippen LogP contribution in [0.3, 0.4) is 0 Å². The van der Waals surface area contributed by atoms with Crippen LogP contribution in [0, 0.1) is 0 Å². The highest BCUT2D eigenvalue weighted by Crippen LogP contribution is 2.24. The first kappa shape index (κ1) is 16.7. The molecule has 0 N–H and O–H groups in total. The zero-order valence-corrected chi connectivity index (χ0v) is 13.5. The van der Waals surface area contributed by atoms with Gasteiger partial charge >= 0.3 is 5.97 Å². The van der Waals surface area contributed by atoms with E-state index in [1.165, 1.54) is 18.3 Å². The van der Waals surface area contributed by atoms with E-state index in [1.807, 2.05) is 0 Å². The normalized spacial score (nSPS) is 15.9. The van der Waals surface area contributed by atoms with E-state index in [4.69, 9.17) is 20.8 Å². The number of thioether (sulfide) groups is 1. The van der Waals surface area contributed by atoms with Gasteiger partial charge in [0.05, 0.1) is 5.75 Å². The molecule has 9 heteroatoms. The van der Waals surface area contributed by atoms with Gasteiger partial charge in [0.2, 0.25) is 5.90 Å². The number of pyridine rings is 1. The topological polar surface area (TPSA) is 64.7 Å². The first-order chi connectivity index (χ1) is 11.5. The van der Waals surface area contributed by atoms with Gasteiger partial charge in [-0.2, -0.15) is 8.78 Å². The highest BCUT2D eigenvalue weighted by atomic mass is 35.5. The fourth-order valence-corrected chi connectivity index (χ4v) is 2.48. The molecule has 0 saturated carbocycles. The fourth-order valence-electron chi connectivity index (χ4n) is 1.87. The van der Waals surface area contributed by atoms with Crippen molar-refractivity contribution in [2.24, 2.45) is 4.99 Å². The quantitative estimate of drug-likeness (QED) is 0.585. The summed E-state index contributed by atoms with van der Waals surface area (Å²) in [6.45, 7) is 0. The second-order valence-electron chi connectivity index (χ2n) is 4.57. The zero-order valence-electron chi connectivity index (χ0n) is 11.9. The van der Waals surface area contributed by atoms with Crippen molar-refractivity contribution in [1.82, 2.24) is 4.98 Å². The van der Waals surface area contributed by atoms with Crippen molar-refractivity contribution in [3.8, 4) is 0 Å². The van der Waals surface area contributed by atoms with Crippen molar-refractivity contribution >= 4 is 41.3 Å². The number of ether oxygens (including phenoxy) is 1. The predicted molar refractivity (Wildman–Crippen MR) is 85.9 cm³/mol. The molecule has 3 heterocycles. The standard InChI is InChI=1S/C15H9ClF2N2O3S/c16-8-3-4-19-11(5-8)13-20-12(14(21)23-13)6-9-1-2-10(22-9)7-24-15(17)18/h1-6,15H,7H2/b12-6-. The maximum absolute atomic E-state index is 12.2.